The molecule has 0 heterocycles. The van der Waals surface area contributed by atoms with E-state index in [0.717, 1.165) is 12.1 Å². The average molecular weight is 287 g/mol. The van der Waals surface area contributed by atoms with Crippen molar-refractivity contribution in [3.8, 4) is 0 Å². The first-order valence-corrected chi connectivity index (χ1v) is 5.98. The Kier molecular flexibility index (Phi) is 3.69. The molecule has 1 aliphatic carbocycles. The Morgan fingerprint density at radius 3 is 2.45 bits per heavy atom. The number of rotatable bonds is 3. The molecule has 0 aromatic heterocycles. The number of aliphatic carboxylic acids is 1. The molecule has 1 aliphatic rings. The first-order valence-electron chi connectivity index (χ1n) is 5.98. The molecule has 1 aromatic rings. The van der Waals surface area contributed by atoms with Crippen molar-refractivity contribution >= 4 is 11.9 Å². The normalized spacial score (nSPS) is 21.9. The van der Waals surface area contributed by atoms with E-state index in [4.69, 9.17) is 5.11 Å². The van der Waals surface area contributed by atoms with Crippen LogP contribution < -0.4 is 5.32 Å². The molecule has 0 saturated heterocycles. The highest BCUT2D eigenvalue weighted by molar-refractivity contribution is 5.94. The van der Waals surface area contributed by atoms with Crippen LogP contribution in [0.25, 0.3) is 0 Å². The second-order valence-corrected chi connectivity index (χ2v) is 4.76. The van der Waals surface area contributed by atoms with Gasteiger partial charge >= 0.3 is 12.1 Å². The minimum absolute atomic E-state index is 0.0846. The number of hydrogen-bond acceptors (Lipinski definition) is 2. The smallest absolute Gasteiger partial charge is 0.416 e. The standard InChI is InChI=1S/C13H12F3NO3/c14-13(15,16)9-3-1-2-7(4-9)11(18)17-10-5-8(6-10)12(19)20/h1-4,8,10H,5-6H2,(H,17,18)(H,19,20). The minimum Gasteiger partial charge on any atom is -0.481 e. The molecule has 0 atom stereocenters. The quantitative estimate of drug-likeness (QED) is 0.896. The lowest BCUT2D eigenvalue weighted by molar-refractivity contribution is -0.145. The van der Waals surface area contributed by atoms with E-state index in [2.05, 4.69) is 5.32 Å². The Labute approximate surface area is 112 Å². The second-order valence-electron chi connectivity index (χ2n) is 4.76. The highest BCUT2D eigenvalue weighted by Crippen LogP contribution is 2.30. The number of carbonyl (C=O) groups is 2. The number of hydrogen-bond donors (Lipinski definition) is 2. The number of alkyl halides is 3. The fraction of sp³-hybridized carbons (Fsp3) is 0.385. The molecule has 108 valence electrons. The van der Waals surface area contributed by atoms with Gasteiger partial charge in [-0.05, 0) is 31.0 Å². The monoisotopic (exact) mass is 287 g/mol. The van der Waals surface area contributed by atoms with E-state index in [-0.39, 0.29) is 11.6 Å². The van der Waals surface area contributed by atoms with Crippen molar-refractivity contribution in [1.29, 1.82) is 0 Å². The lowest BCUT2D eigenvalue weighted by Gasteiger charge is -2.32. The van der Waals surface area contributed by atoms with E-state index < -0.39 is 29.5 Å². The van der Waals surface area contributed by atoms with Gasteiger partial charge in [0.25, 0.3) is 5.91 Å². The summed E-state index contributed by atoms with van der Waals surface area (Å²) in [6, 6.07) is 3.83. The predicted molar refractivity (Wildman–Crippen MR) is 63.1 cm³/mol. The molecule has 0 bridgehead atoms. The van der Waals surface area contributed by atoms with Crippen molar-refractivity contribution in [2.24, 2.45) is 5.92 Å². The molecule has 0 unspecified atom stereocenters. The van der Waals surface area contributed by atoms with Crippen LogP contribution in [0.15, 0.2) is 24.3 Å². The van der Waals surface area contributed by atoms with E-state index in [1.165, 1.54) is 12.1 Å². The zero-order valence-corrected chi connectivity index (χ0v) is 10.3. The van der Waals surface area contributed by atoms with Crippen molar-refractivity contribution in [1.82, 2.24) is 5.32 Å². The lowest BCUT2D eigenvalue weighted by Crippen LogP contribution is -2.46. The molecule has 7 heteroatoms. The van der Waals surface area contributed by atoms with E-state index in [0.29, 0.717) is 12.8 Å². The molecule has 2 rings (SSSR count). The Bertz CT molecular complexity index is 536. The third-order valence-electron chi connectivity index (χ3n) is 3.27. The van der Waals surface area contributed by atoms with Gasteiger partial charge in [-0.2, -0.15) is 13.2 Å². The van der Waals surface area contributed by atoms with E-state index in [9.17, 15) is 22.8 Å². The summed E-state index contributed by atoms with van der Waals surface area (Å²) in [5, 5.41) is 11.2. The SMILES string of the molecule is O=C(NC1CC(C(=O)O)C1)c1cccc(C(F)(F)F)c1. The topological polar surface area (TPSA) is 66.4 Å². The van der Waals surface area contributed by atoms with Crippen molar-refractivity contribution in [2.45, 2.75) is 25.1 Å². The van der Waals surface area contributed by atoms with Crippen LogP contribution in [0.4, 0.5) is 13.2 Å². The number of amides is 1. The minimum atomic E-state index is -4.50. The van der Waals surface area contributed by atoms with Gasteiger partial charge in [0.15, 0.2) is 0 Å². The van der Waals surface area contributed by atoms with Gasteiger partial charge in [0.1, 0.15) is 0 Å². The number of halogens is 3. The Balaban J connectivity index is 1.99. The summed E-state index contributed by atoms with van der Waals surface area (Å²) in [5.74, 6) is -2.03. The van der Waals surface area contributed by atoms with Crippen LogP contribution in [0.2, 0.25) is 0 Å². The summed E-state index contributed by atoms with van der Waals surface area (Å²) in [4.78, 5) is 22.4. The zero-order valence-electron chi connectivity index (χ0n) is 10.3. The van der Waals surface area contributed by atoms with Gasteiger partial charge in [-0.3, -0.25) is 9.59 Å². The van der Waals surface area contributed by atoms with Crippen LogP contribution in [0.1, 0.15) is 28.8 Å². The molecule has 1 saturated carbocycles. The molecular formula is C13H12F3NO3. The average Bonchev–Trinajstić information content (AvgIpc) is 2.31. The fourth-order valence-electron chi connectivity index (χ4n) is 2.04. The molecular weight excluding hydrogens is 275 g/mol. The van der Waals surface area contributed by atoms with Crippen molar-refractivity contribution < 1.29 is 27.9 Å². The summed E-state index contributed by atoms with van der Waals surface area (Å²) < 4.78 is 37.5. The van der Waals surface area contributed by atoms with Gasteiger partial charge in [0, 0.05) is 11.6 Å². The molecule has 1 amide bonds. The van der Waals surface area contributed by atoms with Crippen molar-refractivity contribution in [2.75, 3.05) is 0 Å². The van der Waals surface area contributed by atoms with Gasteiger partial charge in [0.05, 0.1) is 11.5 Å². The Morgan fingerprint density at radius 2 is 1.90 bits per heavy atom. The van der Waals surface area contributed by atoms with E-state index >= 15 is 0 Å². The lowest BCUT2D eigenvalue weighted by atomic mass is 9.80. The van der Waals surface area contributed by atoms with Crippen LogP contribution in [0.3, 0.4) is 0 Å². The fourth-order valence-corrected chi connectivity index (χ4v) is 2.04. The largest absolute Gasteiger partial charge is 0.481 e. The van der Waals surface area contributed by atoms with Crippen molar-refractivity contribution in [3.63, 3.8) is 0 Å². The summed E-state index contributed by atoms with van der Waals surface area (Å²) in [5.41, 5.74) is -0.972. The molecule has 20 heavy (non-hydrogen) atoms. The maximum absolute atomic E-state index is 12.5. The molecule has 0 aliphatic heterocycles. The first-order chi connectivity index (χ1) is 9.27. The summed E-state index contributed by atoms with van der Waals surface area (Å²) in [6.07, 6.45) is -3.89. The zero-order chi connectivity index (χ0) is 14.9. The second kappa shape index (κ2) is 5.15. The van der Waals surface area contributed by atoms with Crippen molar-refractivity contribution in [3.05, 3.63) is 35.4 Å². The molecule has 0 spiro atoms. The van der Waals surface area contributed by atoms with Gasteiger partial charge in [0.2, 0.25) is 0 Å². The predicted octanol–water partition coefficient (Wildman–Crippen LogP) is 2.30. The van der Waals surface area contributed by atoms with Crippen LogP contribution >= 0.6 is 0 Å². The molecule has 1 fully saturated rings. The third-order valence-corrected chi connectivity index (χ3v) is 3.27. The third kappa shape index (κ3) is 3.09. The van der Waals surface area contributed by atoms with Crippen LogP contribution in [-0.4, -0.2) is 23.0 Å². The van der Waals surface area contributed by atoms with E-state index in [1.807, 2.05) is 0 Å². The highest BCUT2D eigenvalue weighted by Gasteiger charge is 2.36. The van der Waals surface area contributed by atoms with Crippen LogP contribution in [0, 0.1) is 5.92 Å². The summed E-state index contributed by atoms with van der Waals surface area (Å²) in [6.45, 7) is 0. The Morgan fingerprint density at radius 1 is 1.25 bits per heavy atom. The number of carbonyl (C=O) groups excluding carboxylic acids is 1. The van der Waals surface area contributed by atoms with Crippen LogP contribution in [0.5, 0.6) is 0 Å². The van der Waals surface area contributed by atoms with Gasteiger partial charge in [-0.1, -0.05) is 6.07 Å². The first kappa shape index (κ1) is 14.4. The molecule has 0 radical (unpaired) electrons. The number of benzene rings is 1. The van der Waals surface area contributed by atoms with Gasteiger partial charge < -0.3 is 10.4 Å². The Hall–Kier alpha value is -2.05. The highest BCUT2D eigenvalue weighted by atomic mass is 19.4. The maximum Gasteiger partial charge on any atom is 0.416 e. The van der Waals surface area contributed by atoms with Crippen LogP contribution in [-0.2, 0) is 11.0 Å². The van der Waals surface area contributed by atoms with Gasteiger partial charge in [-0.15, -0.1) is 0 Å². The number of carboxylic acids is 1. The molecule has 2 N–H and O–H groups in total. The molecule has 1 aromatic carbocycles. The maximum atomic E-state index is 12.5. The number of carboxylic acid groups (broad SMARTS) is 1. The molecule has 4 nitrogen and oxygen atoms in total. The summed E-state index contributed by atoms with van der Waals surface area (Å²) in [7, 11) is 0. The summed E-state index contributed by atoms with van der Waals surface area (Å²) >= 11 is 0. The number of nitrogens with one attached hydrogen (secondary N) is 1. The van der Waals surface area contributed by atoms with E-state index in [1.54, 1.807) is 0 Å². The van der Waals surface area contributed by atoms with Gasteiger partial charge in [-0.25, -0.2) is 0 Å².